The molecule has 0 spiro atoms. The van der Waals surface area contributed by atoms with Crippen molar-refractivity contribution in [1.82, 2.24) is 4.90 Å². The van der Waals surface area contributed by atoms with E-state index >= 15 is 0 Å². The number of piperidine rings is 1. The van der Waals surface area contributed by atoms with Gasteiger partial charge in [-0.1, -0.05) is 30.3 Å². The van der Waals surface area contributed by atoms with E-state index in [1.54, 1.807) is 31.5 Å². The van der Waals surface area contributed by atoms with Crippen LogP contribution in [0.25, 0.3) is 0 Å². The minimum absolute atomic E-state index is 0. The predicted molar refractivity (Wildman–Crippen MR) is 96.1 cm³/mol. The van der Waals surface area contributed by atoms with Gasteiger partial charge in [0.05, 0.1) is 0 Å². The third-order valence-corrected chi connectivity index (χ3v) is 4.95. The largest absolute Gasteiger partial charge is 1.00 e. The normalized spacial score (nSPS) is 14.6. The van der Waals surface area contributed by atoms with Crippen molar-refractivity contribution in [2.45, 2.75) is 32.7 Å². The second kappa shape index (κ2) is 9.48. The first kappa shape index (κ1) is 20.1. The minimum atomic E-state index is 0. The Morgan fingerprint density at radius 3 is 2.23 bits per heavy atom. The second-order valence-corrected chi connectivity index (χ2v) is 6.83. The molecule has 138 valence electrons. The van der Waals surface area contributed by atoms with Gasteiger partial charge in [-0.05, 0) is 37.7 Å². The molecule has 2 heterocycles. The van der Waals surface area contributed by atoms with E-state index in [1.165, 1.54) is 5.56 Å². The molecule has 4 nitrogen and oxygen atoms in total. The first-order valence-corrected chi connectivity index (χ1v) is 8.93. The Morgan fingerprint density at radius 1 is 1.04 bits per heavy atom. The summed E-state index contributed by atoms with van der Waals surface area (Å²) in [5, 5.41) is 0. The Balaban J connectivity index is 0.00000243. The topological polar surface area (TPSA) is 41.3 Å². The molecule has 1 aromatic carbocycles. The highest BCUT2D eigenvalue weighted by molar-refractivity contribution is 5.93. The van der Waals surface area contributed by atoms with Gasteiger partial charge in [-0.3, -0.25) is 9.59 Å². The number of hydrogen-bond donors (Lipinski definition) is 0. The molecule has 0 unspecified atom stereocenters. The summed E-state index contributed by atoms with van der Waals surface area (Å²) in [6.45, 7) is 3.55. The van der Waals surface area contributed by atoms with Gasteiger partial charge in [0, 0.05) is 30.8 Å². The molecule has 3 rings (SSSR count). The first-order valence-electron chi connectivity index (χ1n) is 8.93. The lowest BCUT2D eigenvalue weighted by molar-refractivity contribution is -0.685. The van der Waals surface area contributed by atoms with Crippen molar-refractivity contribution >= 4 is 11.7 Å². The van der Waals surface area contributed by atoms with Crippen molar-refractivity contribution in [2.24, 2.45) is 5.92 Å². The van der Waals surface area contributed by atoms with Crippen LogP contribution in [-0.4, -0.2) is 29.7 Å². The van der Waals surface area contributed by atoms with Crippen LogP contribution < -0.4 is 17.0 Å². The lowest BCUT2D eigenvalue weighted by Gasteiger charge is -2.31. The maximum Gasteiger partial charge on any atom is 0.288 e. The van der Waals surface area contributed by atoms with Crippen molar-refractivity contribution < 1.29 is 26.6 Å². The zero-order valence-corrected chi connectivity index (χ0v) is 15.9. The van der Waals surface area contributed by atoms with Gasteiger partial charge in [-0.15, -0.1) is 0 Å². The van der Waals surface area contributed by atoms with Crippen molar-refractivity contribution in [3.05, 3.63) is 66.0 Å². The van der Waals surface area contributed by atoms with Gasteiger partial charge in [-0.25, -0.2) is 0 Å². The molecular formula is C21H25ClN2O2. The molecule has 26 heavy (non-hydrogen) atoms. The number of amides is 1. The number of halogens is 1. The summed E-state index contributed by atoms with van der Waals surface area (Å²) in [5.41, 5.74) is 2.05. The Morgan fingerprint density at radius 2 is 1.65 bits per heavy atom. The van der Waals surface area contributed by atoms with Gasteiger partial charge in [0.15, 0.2) is 18.2 Å². The first-order chi connectivity index (χ1) is 12.1. The SMILES string of the molecule is CC(=O)c1cc[n+](CC(=O)N2CCC(Cc3ccccc3)CC2)cc1.[Cl-]. The van der Waals surface area contributed by atoms with Crippen molar-refractivity contribution in [3.63, 3.8) is 0 Å². The third kappa shape index (κ3) is 5.40. The molecule has 1 fully saturated rings. The van der Waals surface area contributed by atoms with Crippen molar-refractivity contribution in [3.8, 4) is 0 Å². The summed E-state index contributed by atoms with van der Waals surface area (Å²) >= 11 is 0. The number of ketones is 1. The summed E-state index contributed by atoms with van der Waals surface area (Å²) in [5.74, 6) is 0.853. The number of carbonyl (C=O) groups is 2. The van der Waals surface area contributed by atoms with E-state index in [0.29, 0.717) is 18.0 Å². The summed E-state index contributed by atoms with van der Waals surface area (Å²) in [4.78, 5) is 25.8. The molecule has 2 aromatic rings. The molecule has 0 saturated carbocycles. The fourth-order valence-corrected chi connectivity index (χ4v) is 3.39. The molecule has 1 amide bonds. The summed E-state index contributed by atoms with van der Waals surface area (Å²) in [6, 6.07) is 14.1. The van der Waals surface area contributed by atoms with Gasteiger partial charge in [0.2, 0.25) is 6.54 Å². The lowest BCUT2D eigenvalue weighted by Crippen LogP contribution is -3.00. The van der Waals surface area contributed by atoms with Gasteiger partial charge in [0.25, 0.3) is 5.91 Å². The van der Waals surface area contributed by atoms with Crippen LogP contribution in [0.2, 0.25) is 0 Å². The summed E-state index contributed by atoms with van der Waals surface area (Å²) < 4.78 is 1.84. The lowest BCUT2D eigenvalue weighted by atomic mass is 9.90. The smallest absolute Gasteiger partial charge is 0.288 e. The molecule has 5 heteroatoms. The molecule has 0 atom stereocenters. The van der Waals surface area contributed by atoms with Crippen LogP contribution in [0, 0.1) is 5.92 Å². The maximum absolute atomic E-state index is 12.5. The standard InChI is InChI=1S/C21H25N2O2.ClH/c1-17(24)20-9-11-22(12-10-20)16-21(25)23-13-7-19(8-14-23)15-18-5-3-2-4-6-18;/h2-6,9-12,19H,7-8,13-16H2,1H3;1H/q+1;/p-1. The number of Topliss-reactive ketones (excluding diaryl/α,β-unsaturated/α-hetero) is 1. The van der Waals surface area contributed by atoms with Crippen molar-refractivity contribution in [2.75, 3.05) is 13.1 Å². The van der Waals surface area contributed by atoms with Gasteiger partial charge in [0.1, 0.15) is 0 Å². The maximum atomic E-state index is 12.5. The van der Waals surface area contributed by atoms with Crippen LogP contribution in [-0.2, 0) is 17.8 Å². The number of nitrogens with zero attached hydrogens (tertiary/aromatic N) is 2. The number of carbonyl (C=O) groups excluding carboxylic acids is 2. The number of hydrogen-bond acceptors (Lipinski definition) is 2. The van der Waals surface area contributed by atoms with E-state index in [9.17, 15) is 9.59 Å². The molecule has 1 saturated heterocycles. The molecule has 1 aliphatic heterocycles. The van der Waals surface area contributed by atoms with E-state index in [-0.39, 0.29) is 24.1 Å². The van der Waals surface area contributed by atoms with Crippen molar-refractivity contribution in [1.29, 1.82) is 0 Å². The van der Waals surface area contributed by atoms with Crippen LogP contribution in [0.1, 0.15) is 35.7 Å². The molecule has 0 bridgehead atoms. The summed E-state index contributed by atoms with van der Waals surface area (Å²) in [6.07, 6.45) is 6.83. The molecule has 1 aromatic heterocycles. The van der Waals surface area contributed by atoms with E-state index < -0.39 is 0 Å². The monoisotopic (exact) mass is 372 g/mol. The van der Waals surface area contributed by atoms with Crippen LogP contribution in [0.3, 0.4) is 0 Å². The van der Waals surface area contributed by atoms with Crippen LogP contribution in [0.15, 0.2) is 54.9 Å². The molecule has 0 radical (unpaired) electrons. The Hall–Kier alpha value is -2.20. The van der Waals surface area contributed by atoms with Gasteiger partial charge >= 0.3 is 0 Å². The number of pyridine rings is 1. The van der Waals surface area contributed by atoms with Crippen LogP contribution in [0.4, 0.5) is 0 Å². The molecule has 0 N–H and O–H groups in total. The van der Waals surface area contributed by atoms with E-state index in [4.69, 9.17) is 0 Å². The molecular weight excluding hydrogens is 348 g/mol. The zero-order valence-electron chi connectivity index (χ0n) is 15.1. The quantitative estimate of drug-likeness (QED) is 0.532. The second-order valence-electron chi connectivity index (χ2n) is 6.83. The Bertz CT molecular complexity index is 723. The number of rotatable bonds is 5. The fourth-order valence-electron chi connectivity index (χ4n) is 3.39. The molecule has 1 aliphatic rings. The highest BCUT2D eigenvalue weighted by Crippen LogP contribution is 2.21. The van der Waals surface area contributed by atoms with Gasteiger partial charge in [-0.2, -0.15) is 4.57 Å². The third-order valence-electron chi connectivity index (χ3n) is 4.95. The van der Waals surface area contributed by atoms with E-state index in [1.807, 2.05) is 15.5 Å². The highest BCUT2D eigenvalue weighted by Gasteiger charge is 2.24. The Labute approximate surface area is 161 Å². The average Bonchev–Trinajstić information content (AvgIpc) is 2.63. The van der Waals surface area contributed by atoms with Gasteiger partial charge < -0.3 is 17.3 Å². The fraction of sp³-hybridized carbons (Fsp3) is 0.381. The predicted octanol–water partition coefficient (Wildman–Crippen LogP) is -0.338. The average molecular weight is 373 g/mol. The van der Waals surface area contributed by atoms with E-state index in [2.05, 4.69) is 24.3 Å². The minimum Gasteiger partial charge on any atom is -1.00 e. The van der Waals surface area contributed by atoms with Crippen LogP contribution in [0.5, 0.6) is 0 Å². The Kier molecular flexibility index (Phi) is 7.34. The zero-order chi connectivity index (χ0) is 17.6. The van der Waals surface area contributed by atoms with Crippen LogP contribution >= 0.6 is 0 Å². The highest BCUT2D eigenvalue weighted by atomic mass is 35.5. The number of benzene rings is 1. The van der Waals surface area contributed by atoms with E-state index in [0.717, 1.165) is 32.4 Å². The number of aromatic nitrogens is 1. The summed E-state index contributed by atoms with van der Waals surface area (Å²) in [7, 11) is 0. The number of likely N-dealkylation sites (tertiary alicyclic amines) is 1. The molecule has 0 aliphatic carbocycles.